The maximum Gasteiger partial charge on any atom is 0.254 e. The molecule has 1 aliphatic rings. The molecule has 0 radical (unpaired) electrons. The molecule has 1 unspecified atom stereocenters. The predicted molar refractivity (Wildman–Crippen MR) is 93.7 cm³/mol. The summed E-state index contributed by atoms with van der Waals surface area (Å²) in [4.78, 5) is 14.8. The normalized spacial score (nSPS) is 17.2. The van der Waals surface area contributed by atoms with E-state index >= 15 is 0 Å². The first-order valence-corrected chi connectivity index (χ1v) is 8.35. The van der Waals surface area contributed by atoms with Gasteiger partial charge in [0.1, 0.15) is 0 Å². The van der Waals surface area contributed by atoms with Crippen molar-refractivity contribution in [1.82, 2.24) is 10.2 Å². The molecule has 0 aromatic heterocycles. The highest BCUT2D eigenvalue weighted by Crippen LogP contribution is 2.17. The van der Waals surface area contributed by atoms with Crippen LogP contribution in [0.15, 0.2) is 54.6 Å². The highest BCUT2D eigenvalue weighted by Gasteiger charge is 2.25. The SMILES string of the molecule is CN(C(=O)c1ccccc1CCc1ccccc1)C1CCNC1. The molecule has 3 rings (SSSR count). The van der Waals surface area contributed by atoms with Gasteiger partial charge in [0, 0.05) is 25.2 Å². The van der Waals surface area contributed by atoms with Crippen LogP contribution in [0, 0.1) is 0 Å². The molecule has 1 heterocycles. The predicted octanol–water partition coefficient (Wildman–Crippen LogP) is 2.91. The van der Waals surface area contributed by atoms with Crippen LogP contribution in [-0.2, 0) is 12.8 Å². The topological polar surface area (TPSA) is 32.3 Å². The van der Waals surface area contributed by atoms with E-state index in [0.717, 1.165) is 43.5 Å². The van der Waals surface area contributed by atoms with Crippen molar-refractivity contribution in [2.75, 3.05) is 20.1 Å². The van der Waals surface area contributed by atoms with E-state index in [2.05, 4.69) is 35.6 Å². The Morgan fingerprint density at radius 2 is 1.83 bits per heavy atom. The van der Waals surface area contributed by atoms with Gasteiger partial charge in [0.05, 0.1) is 0 Å². The smallest absolute Gasteiger partial charge is 0.254 e. The largest absolute Gasteiger partial charge is 0.337 e. The molecular formula is C20H24N2O. The van der Waals surface area contributed by atoms with Crippen molar-refractivity contribution in [1.29, 1.82) is 0 Å². The average molecular weight is 308 g/mol. The van der Waals surface area contributed by atoms with Gasteiger partial charge in [0.25, 0.3) is 5.91 Å². The number of hydrogen-bond donors (Lipinski definition) is 1. The number of carbonyl (C=O) groups excluding carboxylic acids is 1. The summed E-state index contributed by atoms with van der Waals surface area (Å²) < 4.78 is 0. The minimum atomic E-state index is 0.141. The zero-order valence-electron chi connectivity index (χ0n) is 13.7. The van der Waals surface area contributed by atoms with Crippen LogP contribution in [0.4, 0.5) is 0 Å². The highest BCUT2D eigenvalue weighted by atomic mass is 16.2. The summed E-state index contributed by atoms with van der Waals surface area (Å²) >= 11 is 0. The molecule has 120 valence electrons. The quantitative estimate of drug-likeness (QED) is 0.921. The summed E-state index contributed by atoms with van der Waals surface area (Å²) in [6, 6.07) is 18.8. The lowest BCUT2D eigenvalue weighted by atomic mass is 9.98. The second-order valence-electron chi connectivity index (χ2n) is 6.21. The van der Waals surface area contributed by atoms with Crippen LogP contribution < -0.4 is 5.32 Å². The van der Waals surface area contributed by atoms with Crippen molar-refractivity contribution in [2.24, 2.45) is 0 Å². The molecule has 2 aromatic carbocycles. The summed E-state index contributed by atoms with van der Waals surface area (Å²) in [5.74, 6) is 0.141. The van der Waals surface area contributed by atoms with Gasteiger partial charge >= 0.3 is 0 Å². The fourth-order valence-electron chi connectivity index (χ4n) is 3.20. The van der Waals surface area contributed by atoms with Crippen molar-refractivity contribution in [3.63, 3.8) is 0 Å². The van der Waals surface area contributed by atoms with Gasteiger partial charge in [0.2, 0.25) is 0 Å². The second kappa shape index (κ2) is 7.42. The molecular weight excluding hydrogens is 284 g/mol. The van der Waals surface area contributed by atoms with E-state index in [-0.39, 0.29) is 5.91 Å². The highest BCUT2D eigenvalue weighted by molar-refractivity contribution is 5.95. The third-order valence-corrected chi connectivity index (χ3v) is 4.68. The molecule has 0 spiro atoms. The summed E-state index contributed by atoms with van der Waals surface area (Å²) in [7, 11) is 1.92. The number of benzene rings is 2. The summed E-state index contributed by atoms with van der Waals surface area (Å²) in [6.07, 6.45) is 2.89. The van der Waals surface area contributed by atoms with Crippen molar-refractivity contribution < 1.29 is 4.79 Å². The van der Waals surface area contributed by atoms with E-state index in [1.165, 1.54) is 5.56 Å². The lowest BCUT2D eigenvalue weighted by Gasteiger charge is -2.25. The Balaban J connectivity index is 1.73. The van der Waals surface area contributed by atoms with Gasteiger partial charge in [-0.3, -0.25) is 4.79 Å². The zero-order valence-corrected chi connectivity index (χ0v) is 13.7. The van der Waals surface area contributed by atoms with E-state index in [1.54, 1.807) is 0 Å². The molecule has 3 heteroatoms. The molecule has 1 atom stereocenters. The molecule has 0 aliphatic carbocycles. The third-order valence-electron chi connectivity index (χ3n) is 4.68. The van der Waals surface area contributed by atoms with E-state index in [9.17, 15) is 4.79 Å². The molecule has 0 bridgehead atoms. The molecule has 23 heavy (non-hydrogen) atoms. The standard InChI is InChI=1S/C20H24N2O/c1-22(18-13-14-21-15-18)20(23)19-10-6-5-9-17(19)12-11-16-7-3-2-4-8-16/h2-10,18,21H,11-15H2,1H3. The Morgan fingerprint density at radius 1 is 1.09 bits per heavy atom. The average Bonchev–Trinajstić information content (AvgIpc) is 3.14. The van der Waals surface area contributed by atoms with Gasteiger partial charge in [-0.05, 0) is 43.0 Å². The van der Waals surface area contributed by atoms with Gasteiger partial charge in [-0.15, -0.1) is 0 Å². The first-order chi connectivity index (χ1) is 11.3. The van der Waals surface area contributed by atoms with Crippen molar-refractivity contribution >= 4 is 5.91 Å². The van der Waals surface area contributed by atoms with Crippen LogP contribution in [0.3, 0.4) is 0 Å². The Hall–Kier alpha value is -2.13. The van der Waals surface area contributed by atoms with Crippen LogP contribution in [-0.4, -0.2) is 37.0 Å². The molecule has 1 aliphatic heterocycles. The summed E-state index contributed by atoms with van der Waals surface area (Å²) in [5.41, 5.74) is 3.29. The van der Waals surface area contributed by atoms with Crippen LogP contribution in [0.25, 0.3) is 0 Å². The molecule has 0 saturated carbocycles. The fourth-order valence-corrected chi connectivity index (χ4v) is 3.20. The van der Waals surface area contributed by atoms with Gasteiger partial charge in [-0.1, -0.05) is 48.5 Å². The van der Waals surface area contributed by atoms with Gasteiger partial charge in [-0.2, -0.15) is 0 Å². The number of nitrogens with zero attached hydrogens (tertiary/aromatic N) is 1. The Bertz CT molecular complexity index is 648. The minimum Gasteiger partial charge on any atom is -0.337 e. The van der Waals surface area contributed by atoms with E-state index in [0.29, 0.717) is 6.04 Å². The van der Waals surface area contributed by atoms with Crippen molar-refractivity contribution in [2.45, 2.75) is 25.3 Å². The summed E-state index contributed by atoms with van der Waals surface area (Å²) in [5, 5.41) is 3.33. The number of aryl methyl sites for hydroxylation is 2. The third kappa shape index (κ3) is 3.80. The first-order valence-electron chi connectivity index (χ1n) is 8.35. The number of hydrogen-bond acceptors (Lipinski definition) is 2. The van der Waals surface area contributed by atoms with Crippen molar-refractivity contribution in [3.8, 4) is 0 Å². The fraction of sp³-hybridized carbons (Fsp3) is 0.350. The van der Waals surface area contributed by atoms with Crippen LogP contribution in [0.2, 0.25) is 0 Å². The molecule has 1 amide bonds. The minimum absolute atomic E-state index is 0.141. The maximum absolute atomic E-state index is 12.9. The lowest BCUT2D eigenvalue weighted by Crippen LogP contribution is -2.38. The molecule has 2 aromatic rings. The van der Waals surface area contributed by atoms with E-state index < -0.39 is 0 Å². The molecule has 1 saturated heterocycles. The first kappa shape index (κ1) is 15.8. The monoisotopic (exact) mass is 308 g/mol. The maximum atomic E-state index is 12.9. The second-order valence-corrected chi connectivity index (χ2v) is 6.21. The lowest BCUT2D eigenvalue weighted by molar-refractivity contribution is 0.0742. The van der Waals surface area contributed by atoms with Crippen LogP contribution in [0.1, 0.15) is 27.9 Å². The van der Waals surface area contributed by atoms with Gasteiger partial charge in [-0.25, -0.2) is 0 Å². The van der Waals surface area contributed by atoms with Crippen LogP contribution in [0.5, 0.6) is 0 Å². The number of rotatable bonds is 5. The van der Waals surface area contributed by atoms with Crippen LogP contribution >= 0.6 is 0 Å². The van der Waals surface area contributed by atoms with Gasteiger partial charge in [0.15, 0.2) is 0 Å². The number of carbonyl (C=O) groups is 1. The van der Waals surface area contributed by atoms with E-state index in [4.69, 9.17) is 0 Å². The van der Waals surface area contributed by atoms with Gasteiger partial charge < -0.3 is 10.2 Å². The summed E-state index contributed by atoms with van der Waals surface area (Å²) in [6.45, 7) is 1.90. The molecule has 3 nitrogen and oxygen atoms in total. The van der Waals surface area contributed by atoms with E-state index in [1.807, 2.05) is 36.2 Å². The molecule has 1 N–H and O–H groups in total. The zero-order chi connectivity index (χ0) is 16.1. The Labute approximate surface area is 138 Å². The number of amides is 1. The van der Waals surface area contributed by atoms with Crippen molar-refractivity contribution in [3.05, 3.63) is 71.3 Å². The Kier molecular flexibility index (Phi) is 5.09. The number of nitrogens with one attached hydrogen (secondary N) is 1. The number of likely N-dealkylation sites (N-methyl/N-ethyl adjacent to an activating group) is 1. The Morgan fingerprint density at radius 3 is 2.57 bits per heavy atom. The molecule has 1 fully saturated rings.